The molecule has 28 heavy (non-hydrogen) atoms. The Bertz CT molecular complexity index is 883. The summed E-state index contributed by atoms with van der Waals surface area (Å²) in [4.78, 5) is 22.4. The first-order valence-corrected chi connectivity index (χ1v) is 8.71. The van der Waals surface area contributed by atoms with Crippen LogP contribution in [0.5, 0.6) is 11.5 Å². The van der Waals surface area contributed by atoms with Crippen LogP contribution in [0.2, 0.25) is 0 Å². The molecule has 0 aliphatic rings. The third-order valence-corrected chi connectivity index (χ3v) is 3.60. The Balaban J connectivity index is 2.13. The van der Waals surface area contributed by atoms with Crippen molar-refractivity contribution < 1.29 is 23.6 Å². The molecule has 2 rings (SSSR count). The number of hydrogen-bond acceptors (Lipinski definition) is 6. The van der Waals surface area contributed by atoms with Crippen molar-refractivity contribution in [3.05, 3.63) is 57.9 Å². The van der Waals surface area contributed by atoms with Gasteiger partial charge in [0.15, 0.2) is 5.11 Å². The van der Waals surface area contributed by atoms with Gasteiger partial charge in [0.05, 0.1) is 18.1 Å². The zero-order valence-electron chi connectivity index (χ0n) is 15.2. The zero-order chi connectivity index (χ0) is 20.7. The van der Waals surface area contributed by atoms with Crippen LogP contribution in [0, 0.1) is 15.9 Å². The molecule has 148 valence electrons. The van der Waals surface area contributed by atoms with Crippen LogP contribution in [0.15, 0.2) is 36.4 Å². The lowest BCUT2D eigenvalue weighted by molar-refractivity contribution is -0.387. The summed E-state index contributed by atoms with van der Waals surface area (Å²) in [5.74, 6) is -0.573. The molecular weight excluding hydrogens is 389 g/mol. The normalized spacial score (nSPS) is 10.1. The molecule has 0 saturated carbocycles. The van der Waals surface area contributed by atoms with Crippen molar-refractivity contribution in [1.82, 2.24) is 5.32 Å². The van der Waals surface area contributed by atoms with Crippen molar-refractivity contribution in [2.24, 2.45) is 0 Å². The monoisotopic (exact) mass is 407 g/mol. The summed E-state index contributed by atoms with van der Waals surface area (Å²) in [6.45, 7) is 4.46. The van der Waals surface area contributed by atoms with Crippen molar-refractivity contribution in [3.8, 4) is 11.5 Å². The van der Waals surface area contributed by atoms with Gasteiger partial charge in [0, 0.05) is 23.4 Å². The number of nitrogens with one attached hydrogen (secondary N) is 2. The number of carbonyl (C=O) groups excluding carboxylic acids is 1. The first-order chi connectivity index (χ1) is 13.3. The summed E-state index contributed by atoms with van der Waals surface area (Å²) in [5.41, 5.74) is -0.287. The lowest BCUT2D eigenvalue weighted by Gasteiger charge is -2.12. The maximum Gasteiger partial charge on any atom is 0.306 e. The summed E-state index contributed by atoms with van der Waals surface area (Å²) in [6, 6.07) is 7.92. The minimum absolute atomic E-state index is 0.106. The van der Waals surface area contributed by atoms with Gasteiger partial charge in [0.1, 0.15) is 11.5 Å². The highest BCUT2D eigenvalue weighted by molar-refractivity contribution is 7.80. The smallest absolute Gasteiger partial charge is 0.306 e. The Morgan fingerprint density at radius 2 is 1.75 bits per heavy atom. The molecule has 0 aliphatic carbocycles. The summed E-state index contributed by atoms with van der Waals surface area (Å²) < 4.78 is 24.2. The number of halogens is 1. The molecule has 0 bridgehead atoms. The quantitative estimate of drug-likeness (QED) is 0.410. The second kappa shape index (κ2) is 9.60. The molecule has 0 unspecified atom stereocenters. The fourth-order valence-electron chi connectivity index (χ4n) is 2.27. The summed E-state index contributed by atoms with van der Waals surface area (Å²) >= 11 is 5.05. The van der Waals surface area contributed by atoms with E-state index in [1.807, 2.05) is 13.8 Å². The van der Waals surface area contributed by atoms with Crippen LogP contribution in [-0.2, 0) is 0 Å². The van der Waals surface area contributed by atoms with Crippen molar-refractivity contribution >= 4 is 34.6 Å². The highest BCUT2D eigenvalue weighted by Crippen LogP contribution is 2.24. The Labute approximate surface area is 165 Å². The number of nitro groups is 1. The molecule has 2 aromatic carbocycles. The molecule has 0 fully saturated rings. The zero-order valence-corrected chi connectivity index (χ0v) is 16.0. The van der Waals surface area contributed by atoms with E-state index in [4.69, 9.17) is 21.7 Å². The summed E-state index contributed by atoms with van der Waals surface area (Å²) in [6.07, 6.45) is 0. The van der Waals surface area contributed by atoms with Crippen LogP contribution in [0.4, 0.5) is 15.8 Å². The second-order valence-corrected chi connectivity index (χ2v) is 5.80. The van der Waals surface area contributed by atoms with Crippen molar-refractivity contribution in [2.45, 2.75) is 13.8 Å². The Kier molecular flexibility index (Phi) is 7.21. The van der Waals surface area contributed by atoms with Crippen LogP contribution in [0.25, 0.3) is 0 Å². The number of hydrogen-bond donors (Lipinski definition) is 2. The molecule has 0 spiro atoms. The number of thiocarbonyl (C=S) groups is 1. The van der Waals surface area contributed by atoms with Gasteiger partial charge in [0.25, 0.3) is 5.91 Å². The predicted octanol–water partition coefficient (Wildman–Crippen LogP) is 3.66. The maximum atomic E-state index is 13.4. The lowest BCUT2D eigenvalue weighted by Crippen LogP contribution is -2.34. The van der Waals surface area contributed by atoms with E-state index < -0.39 is 22.3 Å². The van der Waals surface area contributed by atoms with E-state index in [0.717, 1.165) is 12.1 Å². The summed E-state index contributed by atoms with van der Waals surface area (Å²) in [5, 5.41) is 15.8. The molecule has 0 saturated heterocycles. The number of ether oxygens (including phenoxy) is 2. The first-order valence-electron chi connectivity index (χ1n) is 8.31. The highest BCUT2D eigenvalue weighted by Gasteiger charge is 2.16. The fourth-order valence-corrected chi connectivity index (χ4v) is 2.48. The third-order valence-electron chi connectivity index (χ3n) is 3.39. The van der Waals surface area contributed by atoms with Crippen LogP contribution >= 0.6 is 12.2 Å². The highest BCUT2D eigenvalue weighted by atomic mass is 32.1. The van der Waals surface area contributed by atoms with E-state index in [1.165, 1.54) is 18.2 Å². The molecular formula is C18H18FN3O5S. The van der Waals surface area contributed by atoms with Crippen molar-refractivity contribution in [3.63, 3.8) is 0 Å². The Morgan fingerprint density at radius 1 is 1.14 bits per heavy atom. The fraction of sp³-hybridized carbons (Fsp3) is 0.222. The number of nitro benzene ring substituents is 1. The number of anilines is 1. The molecule has 1 amide bonds. The summed E-state index contributed by atoms with van der Waals surface area (Å²) in [7, 11) is 0. The number of amides is 1. The number of benzene rings is 2. The van der Waals surface area contributed by atoms with Gasteiger partial charge < -0.3 is 14.8 Å². The maximum absolute atomic E-state index is 13.4. The van der Waals surface area contributed by atoms with Gasteiger partial charge in [-0.05, 0) is 50.3 Å². The van der Waals surface area contributed by atoms with Gasteiger partial charge in [-0.2, -0.15) is 4.39 Å². The third kappa shape index (κ3) is 5.61. The van der Waals surface area contributed by atoms with Gasteiger partial charge in [-0.25, -0.2) is 0 Å². The van der Waals surface area contributed by atoms with Gasteiger partial charge >= 0.3 is 5.69 Å². The topological polar surface area (TPSA) is 103 Å². The average Bonchev–Trinajstić information content (AvgIpc) is 2.63. The van der Waals surface area contributed by atoms with Crippen LogP contribution in [0.3, 0.4) is 0 Å². The molecule has 0 aliphatic heterocycles. The minimum atomic E-state index is -0.971. The van der Waals surface area contributed by atoms with E-state index in [0.29, 0.717) is 24.7 Å². The largest absolute Gasteiger partial charge is 0.494 e. The van der Waals surface area contributed by atoms with E-state index in [2.05, 4.69) is 10.6 Å². The SMILES string of the molecule is CCOc1cc(OCC)cc(C(=O)NC(=S)Nc2ccc(F)c([N+](=O)[O-])c2)c1. The number of nitrogens with zero attached hydrogens (tertiary/aromatic N) is 1. The van der Waals surface area contributed by atoms with Gasteiger partial charge in [0.2, 0.25) is 5.82 Å². The molecule has 0 radical (unpaired) electrons. The number of rotatable bonds is 7. The predicted molar refractivity (Wildman–Crippen MR) is 106 cm³/mol. The first kappa shape index (κ1) is 21.0. The van der Waals surface area contributed by atoms with Gasteiger partial charge in [-0.15, -0.1) is 0 Å². The molecule has 2 aromatic rings. The standard InChI is InChI=1S/C18H18FN3O5S/c1-3-26-13-7-11(8-14(10-13)27-4-2)17(23)21-18(28)20-12-5-6-15(19)16(9-12)22(24)25/h5-10H,3-4H2,1-2H3,(H2,20,21,23,28). The molecule has 0 aromatic heterocycles. The van der Waals surface area contributed by atoms with E-state index in [-0.39, 0.29) is 16.4 Å². The van der Waals surface area contributed by atoms with Crippen molar-refractivity contribution in [2.75, 3.05) is 18.5 Å². The van der Waals surface area contributed by atoms with E-state index >= 15 is 0 Å². The van der Waals surface area contributed by atoms with Gasteiger partial charge in [-0.3, -0.25) is 20.2 Å². The molecule has 10 heteroatoms. The van der Waals surface area contributed by atoms with Crippen LogP contribution < -0.4 is 20.1 Å². The number of carbonyl (C=O) groups is 1. The molecule has 0 atom stereocenters. The van der Waals surface area contributed by atoms with E-state index in [1.54, 1.807) is 6.07 Å². The molecule has 2 N–H and O–H groups in total. The molecule has 8 nitrogen and oxygen atoms in total. The van der Waals surface area contributed by atoms with Crippen molar-refractivity contribution in [1.29, 1.82) is 0 Å². The van der Waals surface area contributed by atoms with Crippen LogP contribution in [-0.4, -0.2) is 29.2 Å². The molecule has 0 heterocycles. The van der Waals surface area contributed by atoms with Crippen LogP contribution in [0.1, 0.15) is 24.2 Å². The Morgan fingerprint density at radius 3 is 2.29 bits per heavy atom. The second-order valence-electron chi connectivity index (χ2n) is 5.39. The lowest BCUT2D eigenvalue weighted by atomic mass is 10.2. The van der Waals surface area contributed by atoms with Gasteiger partial charge in [-0.1, -0.05) is 0 Å². The Hall–Kier alpha value is -3.27. The average molecular weight is 407 g/mol. The van der Waals surface area contributed by atoms with E-state index in [9.17, 15) is 19.3 Å². The minimum Gasteiger partial charge on any atom is -0.494 e.